The average Bonchev–Trinajstić information content (AvgIpc) is 3.19. The molecule has 160 valence electrons. The highest BCUT2D eigenvalue weighted by molar-refractivity contribution is 7.13. The van der Waals surface area contributed by atoms with Gasteiger partial charge in [0.05, 0.1) is 12.2 Å². The molecule has 2 heterocycles. The number of thiazole rings is 1. The Morgan fingerprint density at radius 1 is 1.37 bits per heavy atom. The molecule has 0 bridgehead atoms. The summed E-state index contributed by atoms with van der Waals surface area (Å²) in [5.41, 5.74) is 2.40. The highest BCUT2D eigenvalue weighted by Gasteiger charge is 2.54. The molecular formula is C19H19F3N4O3S. The molecule has 3 aromatic rings. The van der Waals surface area contributed by atoms with E-state index in [0.717, 1.165) is 11.2 Å². The SMILES string of the molecule is CCC(O)(/C(N)=C/N(N)Cc1ccc2c(-c3nccs3)cc(=O)oc2c1)C(F)(F)F. The number of aromatic nitrogens is 1. The Labute approximate surface area is 173 Å². The number of fused-ring (bicyclic) bond motifs is 1. The van der Waals surface area contributed by atoms with Gasteiger partial charge < -0.3 is 20.3 Å². The number of aliphatic hydroxyl groups is 1. The molecule has 5 N–H and O–H groups in total. The van der Waals surface area contributed by atoms with Gasteiger partial charge in [-0.3, -0.25) is 0 Å². The van der Waals surface area contributed by atoms with E-state index in [1.165, 1.54) is 24.3 Å². The second-order valence-electron chi connectivity index (χ2n) is 6.62. The summed E-state index contributed by atoms with van der Waals surface area (Å²) in [5.74, 6) is 5.78. The normalized spacial score (nSPS) is 14.7. The predicted molar refractivity (Wildman–Crippen MR) is 107 cm³/mol. The number of hydrogen-bond acceptors (Lipinski definition) is 8. The van der Waals surface area contributed by atoms with Gasteiger partial charge in [-0.05, 0) is 18.1 Å². The molecule has 1 aromatic carbocycles. The van der Waals surface area contributed by atoms with Crippen LogP contribution in [0.3, 0.4) is 0 Å². The van der Waals surface area contributed by atoms with E-state index in [-0.39, 0.29) is 12.1 Å². The van der Waals surface area contributed by atoms with Crippen LogP contribution in [0.25, 0.3) is 21.5 Å². The van der Waals surface area contributed by atoms with Crippen LogP contribution in [0, 0.1) is 0 Å². The van der Waals surface area contributed by atoms with Crippen molar-refractivity contribution in [1.29, 1.82) is 0 Å². The number of nitrogens with two attached hydrogens (primary N) is 2. The van der Waals surface area contributed by atoms with Gasteiger partial charge in [0.2, 0.25) is 5.60 Å². The van der Waals surface area contributed by atoms with Crippen molar-refractivity contribution in [2.75, 3.05) is 0 Å². The summed E-state index contributed by atoms with van der Waals surface area (Å²) in [6.07, 6.45) is -3.14. The van der Waals surface area contributed by atoms with Crippen molar-refractivity contribution in [2.24, 2.45) is 11.6 Å². The monoisotopic (exact) mass is 440 g/mol. The maximum Gasteiger partial charge on any atom is 0.422 e. The molecule has 0 amide bonds. The van der Waals surface area contributed by atoms with Crippen molar-refractivity contribution >= 4 is 22.3 Å². The number of nitrogens with zero attached hydrogens (tertiary/aromatic N) is 2. The van der Waals surface area contributed by atoms with Crippen molar-refractivity contribution in [1.82, 2.24) is 9.99 Å². The van der Waals surface area contributed by atoms with Crippen LogP contribution in [0.2, 0.25) is 0 Å². The first-order chi connectivity index (χ1) is 14.0. The Kier molecular flexibility index (Phi) is 5.88. The van der Waals surface area contributed by atoms with Crippen LogP contribution in [0.5, 0.6) is 0 Å². The van der Waals surface area contributed by atoms with E-state index in [2.05, 4.69) is 4.98 Å². The van der Waals surface area contributed by atoms with Gasteiger partial charge in [0.15, 0.2) is 0 Å². The lowest BCUT2D eigenvalue weighted by atomic mass is 9.96. The first-order valence-corrected chi connectivity index (χ1v) is 9.68. The molecule has 30 heavy (non-hydrogen) atoms. The minimum atomic E-state index is -4.94. The summed E-state index contributed by atoms with van der Waals surface area (Å²) in [5, 5.41) is 13.9. The van der Waals surface area contributed by atoms with Crippen LogP contribution >= 0.6 is 11.3 Å². The highest BCUT2D eigenvalue weighted by Crippen LogP contribution is 2.37. The van der Waals surface area contributed by atoms with Crippen molar-refractivity contribution in [2.45, 2.75) is 31.7 Å². The summed E-state index contributed by atoms with van der Waals surface area (Å²) in [7, 11) is 0. The smallest absolute Gasteiger partial charge is 0.422 e. The Morgan fingerprint density at radius 3 is 2.70 bits per heavy atom. The highest BCUT2D eigenvalue weighted by atomic mass is 32.1. The quantitative estimate of drug-likeness (QED) is 0.306. The number of rotatable bonds is 6. The third-order valence-corrected chi connectivity index (χ3v) is 5.41. The van der Waals surface area contributed by atoms with E-state index in [1.54, 1.807) is 29.8 Å². The predicted octanol–water partition coefficient (Wildman–Crippen LogP) is 3.10. The van der Waals surface area contributed by atoms with Gasteiger partial charge in [-0.1, -0.05) is 19.1 Å². The molecule has 11 heteroatoms. The van der Waals surface area contributed by atoms with E-state index < -0.39 is 29.5 Å². The maximum atomic E-state index is 13.1. The lowest BCUT2D eigenvalue weighted by Gasteiger charge is -2.30. The third kappa shape index (κ3) is 4.18. The molecular weight excluding hydrogens is 421 g/mol. The average molecular weight is 440 g/mol. The second kappa shape index (κ2) is 8.09. The molecule has 0 radical (unpaired) electrons. The van der Waals surface area contributed by atoms with Crippen LogP contribution in [0.1, 0.15) is 18.9 Å². The molecule has 2 aromatic heterocycles. The standard InChI is InChI=1S/C19H19F3N4O3S/c1-2-18(28,19(20,21)22)15(23)10-26(24)9-11-3-4-12-13(17-25-5-6-30-17)8-16(27)29-14(12)7-11/h3-8,10,28H,2,9,23-24H2,1H3/b15-10-. The third-order valence-electron chi connectivity index (χ3n) is 4.60. The molecule has 0 aliphatic carbocycles. The topological polar surface area (TPSA) is 119 Å². The first-order valence-electron chi connectivity index (χ1n) is 8.80. The van der Waals surface area contributed by atoms with Crippen LogP contribution in [0.4, 0.5) is 13.2 Å². The van der Waals surface area contributed by atoms with Crippen LogP contribution in [-0.2, 0) is 6.54 Å². The fourth-order valence-electron chi connectivity index (χ4n) is 2.95. The number of benzene rings is 1. The maximum absolute atomic E-state index is 13.1. The van der Waals surface area contributed by atoms with Gasteiger partial charge >= 0.3 is 11.8 Å². The zero-order valence-electron chi connectivity index (χ0n) is 15.8. The van der Waals surface area contributed by atoms with Crippen LogP contribution < -0.4 is 17.2 Å². The van der Waals surface area contributed by atoms with E-state index in [0.29, 0.717) is 21.5 Å². The lowest BCUT2D eigenvalue weighted by molar-refractivity contribution is -0.245. The summed E-state index contributed by atoms with van der Waals surface area (Å²) < 4.78 is 44.6. The largest absolute Gasteiger partial charge is 0.423 e. The number of hydrogen-bond donors (Lipinski definition) is 3. The van der Waals surface area contributed by atoms with E-state index in [9.17, 15) is 23.1 Å². The van der Waals surface area contributed by atoms with Crippen molar-refractivity contribution in [3.63, 3.8) is 0 Å². The summed E-state index contributed by atoms with van der Waals surface area (Å²) in [6, 6.07) is 6.32. The Hall–Kier alpha value is -2.89. The molecule has 0 saturated heterocycles. The zero-order chi connectivity index (χ0) is 22.1. The van der Waals surface area contributed by atoms with Crippen LogP contribution in [-0.4, -0.2) is 26.9 Å². The van der Waals surface area contributed by atoms with Crippen LogP contribution in [0.15, 0.2) is 57.0 Å². The van der Waals surface area contributed by atoms with E-state index in [1.807, 2.05) is 0 Å². The molecule has 0 fully saturated rings. The number of halogens is 3. The fraction of sp³-hybridized carbons (Fsp3) is 0.263. The van der Waals surface area contributed by atoms with Gasteiger partial charge in [-0.25, -0.2) is 15.6 Å². The number of hydrazine groups is 1. The second-order valence-corrected chi connectivity index (χ2v) is 7.51. The van der Waals surface area contributed by atoms with E-state index in [4.69, 9.17) is 16.0 Å². The molecule has 7 nitrogen and oxygen atoms in total. The molecule has 3 rings (SSSR count). The van der Waals surface area contributed by atoms with Crippen molar-refractivity contribution in [3.05, 3.63) is 63.7 Å². The Morgan fingerprint density at radius 2 is 2.10 bits per heavy atom. The van der Waals surface area contributed by atoms with Gasteiger partial charge in [0.1, 0.15) is 10.6 Å². The van der Waals surface area contributed by atoms with Gasteiger partial charge in [0.25, 0.3) is 0 Å². The molecule has 0 aliphatic heterocycles. The molecule has 1 atom stereocenters. The fourth-order valence-corrected chi connectivity index (χ4v) is 3.62. The molecule has 0 saturated carbocycles. The molecule has 1 unspecified atom stereocenters. The summed E-state index contributed by atoms with van der Waals surface area (Å²) in [4.78, 5) is 16.1. The zero-order valence-corrected chi connectivity index (χ0v) is 16.6. The first kappa shape index (κ1) is 21.8. The minimum absolute atomic E-state index is 0.0422. The van der Waals surface area contributed by atoms with Crippen molar-refractivity contribution < 1.29 is 22.7 Å². The lowest BCUT2D eigenvalue weighted by Crippen LogP contribution is -2.49. The molecule has 0 spiro atoms. The van der Waals surface area contributed by atoms with Gasteiger partial charge in [-0.2, -0.15) is 13.2 Å². The van der Waals surface area contributed by atoms with Gasteiger partial charge in [-0.15, -0.1) is 11.3 Å². The Bertz CT molecular complexity index is 1130. The van der Waals surface area contributed by atoms with Gasteiger partial charge in [0, 0.05) is 34.8 Å². The number of alkyl halides is 3. The van der Waals surface area contributed by atoms with Crippen molar-refractivity contribution in [3.8, 4) is 10.6 Å². The Balaban J connectivity index is 1.90. The summed E-state index contributed by atoms with van der Waals surface area (Å²) >= 11 is 1.37. The minimum Gasteiger partial charge on any atom is -0.423 e. The molecule has 0 aliphatic rings. The summed E-state index contributed by atoms with van der Waals surface area (Å²) in [6.45, 7) is 1.12. The van der Waals surface area contributed by atoms with E-state index >= 15 is 0 Å².